The third-order valence-corrected chi connectivity index (χ3v) is 6.88. The van der Waals surface area contributed by atoms with E-state index in [2.05, 4.69) is 6.07 Å². The Balaban J connectivity index is 1.55. The van der Waals surface area contributed by atoms with E-state index < -0.39 is 0 Å². The van der Waals surface area contributed by atoms with Gasteiger partial charge in [0, 0.05) is 50.0 Å². The highest BCUT2D eigenvalue weighted by molar-refractivity contribution is 6.31. The van der Waals surface area contributed by atoms with Crippen LogP contribution in [0.5, 0.6) is 0 Å². The molecule has 6 heteroatoms. The predicted molar refractivity (Wildman–Crippen MR) is 110 cm³/mol. The summed E-state index contributed by atoms with van der Waals surface area (Å²) in [5.41, 5.74) is 3.29. The first-order chi connectivity index (χ1) is 13.3. The number of benzene rings is 1. The normalized spacial score (nSPS) is 23.3. The minimum atomic E-state index is -0.130. The molecule has 28 heavy (non-hydrogen) atoms. The number of carbonyl (C=O) groups is 1. The molecule has 2 fully saturated rings. The van der Waals surface area contributed by atoms with Gasteiger partial charge in [-0.05, 0) is 36.5 Å². The van der Waals surface area contributed by atoms with Crippen LogP contribution in [0.1, 0.15) is 27.9 Å². The minimum Gasteiger partial charge on any atom is -0.349 e. The number of aromatic nitrogens is 2. The largest absolute Gasteiger partial charge is 0.349 e. The van der Waals surface area contributed by atoms with Gasteiger partial charge in [0.05, 0.1) is 16.5 Å². The van der Waals surface area contributed by atoms with E-state index in [1.165, 1.54) is 0 Å². The van der Waals surface area contributed by atoms with Crippen LogP contribution < -0.4 is 5.56 Å². The average molecular weight is 396 g/mol. The van der Waals surface area contributed by atoms with E-state index in [0.29, 0.717) is 30.0 Å². The number of hydrogen-bond acceptors (Lipinski definition) is 2. The van der Waals surface area contributed by atoms with E-state index in [1.807, 2.05) is 47.8 Å². The first-order valence-corrected chi connectivity index (χ1v) is 9.91. The second-order valence-corrected chi connectivity index (χ2v) is 8.74. The lowest BCUT2D eigenvalue weighted by molar-refractivity contribution is 0.0774. The molecule has 0 N–H and O–H groups in total. The number of likely N-dealkylation sites (tertiary alicyclic amines) is 1. The van der Waals surface area contributed by atoms with Crippen molar-refractivity contribution in [3.8, 4) is 0 Å². The van der Waals surface area contributed by atoms with Gasteiger partial charge in [-0.15, -0.1) is 0 Å². The first kappa shape index (κ1) is 17.6. The molecule has 0 bridgehead atoms. The van der Waals surface area contributed by atoms with E-state index in [4.69, 9.17) is 11.6 Å². The Hall–Kier alpha value is -2.53. The zero-order valence-electron chi connectivity index (χ0n) is 16.2. The molecule has 3 heterocycles. The lowest BCUT2D eigenvalue weighted by Gasteiger charge is -2.22. The number of pyridine rings is 1. The summed E-state index contributed by atoms with van der Waals surface area (Å²) in [5.74, 6) is 0.378. The summed E-state index contributed by atoms with van der Waals surface area (Å²) in [6.07, 6.45) is 4.68. The fourth-order valence-electron chi connectivity index (χ4n) is 5.16. The zero-order chi connectivity index (χ0) is 19.8. The van der Waals surface area contributed by atoms with Crippen LogP contribution in [0.3, 0.4) is 0 Å². The maximum atomic E-state index is 13.4. The van der Waals surface area contributed by atoms with Crippen molar-refractivity contribution in [3.63, 3.8) is 0 Å². The summed E-state index contributed by atoms with van der Waals surface area (Å²) in [5, 5.41) is 1.29. The van der Waals surface area contributed by atoms with Crippen LogP contribution in [0.25, 0.3) is 10.9 Å². The molecule has 5 nitrogen and oxygen atoms in total. The molecule has 1 saturated heterocycles. The van der Waals surface area contributed by atoms with Gasteiger partial charge in [0.25, 0.3) is 11.5 Å². The Labute approximate surface area is 168 Å². The van der Waals surface area contributed by atoms with Crippen LogP contribution in [0.4, 0.5) is 0 Å². The number of carbonyl (C=O) groups excluding carboxylic acids is 1. The highest BCUT2D eigenvalue weighted by Crippen LogP contribution is 2.60. The second-order valence-electron chi connectivity index (χ2n) is 8.33. The summed E-state index contributed by atoms with van der Waals surface area (Å²) >= 11 is 6.45. The third kappa shape index (κ3) is 2.26. The van der Waals surface area contributed by atoms with Gasteiger partial charge in [-0.1, -0.05) is 29.8 Å². The van der Waals surface area contributed by atoms with Crippen molar-refractivity contribution in [2.45, 2.75) is 18.8 Å². The van der Waals surface area contributed by atoms with Crippen molar-refractivity contribution in [1.82, 2.24) is 14.0 Å². The van der Waals surface area contributed by atoms with Crippen molar-refractivity contribution >= 4 is 28.4 Å². The first-order valence-electron chi connectivity index (χ1n) is 9.53. The zero-order valence-corrected chi connectivity index (χ0v) is 17.0. The van der Waals surface area contributed by atoms with Crippen LogP contribution in [-0.4, -0.2) is 33.0 Å². The second kappa shape index (κ2) is 5.74. The number of aryl methyl sites for hydroxylation is 3. The monoisotopic (exact) mass is 395 g/mol. The fraction of sp³-hybridized carbons (Fsp3) is 0.364. The van der Waals surface area contributed by atoms with Gasteiger partial charge in [0.1, 0.15) is 0 Å². The topological polar surface area (TPSA) is 47.2 Å². The number of hydrogen-bond donors (Lipinski definition) is 0. The van der Waals surface area contributed by atoms with E-state index in [0.717, 1.165) is 28.1 Å². The van der Waals surface area contributed by atoms with Gasteiger partial charge in [-0.3, -0.25) is 9.59 Å². The maximum absolute atomic E-state index is 13.4. The highest BCUT2D eigenvalue weighted by atomic mass is 35.5. The predicted octanol–water partition coefficient (Wildman–Crippen LogP) is 3.25. The van der Waals surface area contributed by atoms with Crippen molar-refractivity contribution in [2.75, 3.05) is 13.1 Å². The summed E-state index contributed by atoms with van der Waals surface area (Å²) in [6.45, 7) is 3.34. The fourth-order valence-corrected chi connectivity index (χ4v) is 5.48. The number of fused-ring (bicyclic) bond motifs is 2. The molecule has 2 aromatic heterocycles. The summed E-state index contributed by atoms with van der Waals surface area (Å²) in [7, 11) is 3.62. The van der Waals surface area contributed by atoms with Crippen LogP contribution in [0.15, 0.2) is 41.5 Å². The molecule has 0 radical (unpaired) electrons. The Morgan fingerprint density at radius 3 is 2.68 bits per heavy atom. The van der Waals surface area contributed by atoms with Gasteiger partial charge in [-0.25, -0.2) is 0 Å². The van der Waals surface area contributed by atoms with Crippen LogP contribution in [0, 0.1) is 12.8 Å². The van der Waals surface area contributed by atoms with E-state index in [9.17, 15) is 9.59 Å². The van der Waals surface area contributed by atoms with Crippen molar-refractivity contribution in [2.24, 2.45) is 20.0 Å². The number of nitrogens with zero attached hydrogens (tertiary/aromatic N) is 3. The molecule has 1 aromatic carbocycles. The smallest absolute Gasteiger partial charge is 0.260 e. The van der Waals surface area contributed by atoms with Gasteiger partial charge in [0.15, 0.2) is 0 Å². The molecule has 2 aliphatic rings. The molecule has 2 atom stereocenters. The van der Waals surface area contributed by atoms with E-state index in [-0.39, 0.29) is 16.9 Å². The number of rotatable bonds is 2. The summed E-state index contributed by atoms with van der Waals surface area (Å²) < 4.78 is 3.45. The van der Waals surface area contributed by atoms with Crippen LogP contribution in [0.2, 0.25) is 5.02 Å². The highest BCUT2D eigenvalue weighted by Gasteiger charge is 2.62. The van der Waals surface area contributed by atoms with E-state index >= 15 is 0 Å². The number of halogens is 1. The maximum Gasteiger partial charge on any atom is 0.260 e. The Bertz CT molecular complexity index is 1210. The van der Waals surface area contributed by atoms with Gasteiger partial charge < -0.3 is 14.0 Å². The van der Waals surface area contributed by atoms with Crippen molar-refractivity contribution in [3.05, 3.63) is 68.7 Å². The molecule has 0 spiro atoms. The van der Waals surface area contributed by atoms with E-state index in [1.54, 1.807) is 17.8 Å². The molecule has 1 amide bonds. The molecule has 1 aliphatic carbocycles. The SMILES string of the molecule is Cc1cn(C)c(=O)c2c(C(=O)N3CC4CC4(c4ccccc4Cl)C3)cn(C)c12. The van der Waals surface area contributed by atoms with Crippen LogP contribution in [-0.2, 0) is 19.5 Å². The molecule has 1 saturated carbocycles. The average Bonchev–Trinajstić information content (AvgIpc) is 3.04. The van der Waals surface area contributed by atoms with Gasteiger partial charge >= 0.3 is 0 Å². The van der Waals surface area contributed by atoms with Crippen molar-refractivity contribution in [1.29, 1.82) is 0 Å². The molecular formula is C22H22ClN3O2. The molecule has 144 valence electrons. The third-order valence-electron chi connectivity index (χ3n) is 6.55. The van der Waals surface area contributed by atoms with Gasteiger partial charge in [0.2, 0.25) is 0 Å². The number of piperidine rings is 1. The van der Waals surface area contributed by atoms with Crippen LogP contribution >= 0.6 is 11.6 Å². The molecule has 1 aliphatic heterocycles. The molecular weight excluding hydrogens is 374 g/mol. The standard InChI is InChI=1S/C22H22ClN3O2/c1-13-9-25(3)21(28)18-15(11-24(2)19(13)18)20(27)26-10-14-8-22(14,12-26)16-6-4-5-7-17(16)23/h4-7,9,11,14H,8,10,12H2,1-3H3. The Morgan fingerprint density at radius 2 is 1.93 bits per heavy atom. The quantitative estimate of drug-likeness (QED) is 0.668. The summed E-state index contributed by atoms with van der Waals surface area (Å²) in [6, 6.07) is 7.94. The lowest BCUT2D eigenvalue weighted by Crippen LogP contribution is -2.33. The molecule has 3 aromatic rings. The number of amides is 1. The minimum absolute atomic E-state index is 0.0283. The Morgan fingerprint density at radius 1 is 1.18 bits per heavy atom. The lowest BCUT2D eigenvalue weighted by atomic mass is 9.95. The Kier molecular flexibility index (Phi) is 3.60. The molecule has 2 unspecified atom stereocenters. The van der Waals surface area contributed by atoms with Gasteiger partial charge in [-0.2, -0.15) is 0 Å². The molecule has 5 rings (SSSR count). The summed E-state index contributed by atoms with van der Waals surface area (Å²) in [4.78, 5) is 28.1. The van der Waals surface area contributed by atoms with Crippen molar-refractivity contribution < 1.29 is 4.79 Å².